The van der Waals surface area contributed by atoms with Crippen LogP contribution in [0.1, 0.15) is 0 Å². The molecule has 3 aromatic rings. The topological polar surface area (TPSA) is 39.4 Å². The zero-order valence-electron chi connectivity index (χ0n) is 14.3. The zero-order chi connectivity index (χ0) is 17.3. The maximum absolute atomic E-state index is 12.7. The van der Waals surface area contributed by atoms with Gasteiger partial charge in [0.2, 0.25) is 0 Å². The maximum Gasteiger partial charge on any atom is 0.335 e. The van der Waals surface area contributed by atoms with E-state index in [4.69, 9.17) is 8.60 Å². The Kier molecular flexibility index (Phi) is 4.67. The van der Waals surface area contributed by atoms with E-state index in [-0.39, 0.29) is 5.63 Å². The molecule has 0 fully saturated rings. The molecule has 0 N–H and O–H groups in total. The summed E-state index contributed by atoms with van der Waals surface area (Å²) >= 11 is 1.32. The Morgan fingerprint density at radius 3 is 2.29 bits per heavy atom. The molecule has 1 heterocycles. The van der Waals surface area contributed by atoms with Gasteiger partial charge in [0.05, 0.1) is 15.2 Å². The Morgan fingerprint density at radius 1 is 1.00 bits per heavy atom. The van der Waals surface area contributed by atoms with Crippen LogP contribution in [0.25, 0.3) is 22.1 Å². The van der Waals surface area contributed by atoms with Crippen molar-refractivity contribution >= 4 is 36.3 Å². The van der Waals surface area contributed by atoms with Gasteiger partial charge < -0.3 is 8.60 Å². The average Bonchev–Trinajstić information content (AvgIpc) is 2.53. The fourth-order valence-corrected chi connectivity index (χ4v) is 5.04. The first-order chi connectivity index (χ1) is 11.4. The number of para-hydroxylation sites is 1. The summed E-state index contributed by atoms with van der Waals surface area (Å²) in [5.41, 5.74) is 2.47. The van der Waals surface area contributed by atoms with Gasteiger partial charge in [0.15, 0.2) is 0 Å². The monoisotopic (exact) mass is 356 g/mol. The first kappa shape index (κ1) is 17.0. The van der Waals surface area contributed by atoms with E-state index in [2.05, 4.69) is 19.6 Å². The van der Waals surface area contributed by atoms with Crippen molar-refractivity contribution in [1.82, 2.24) is 0 Å². The molecule has 0 aliphatic heterocycles. The quantitative estimate of drug-likeness (QED) is 0.387. The fourth-order valence-electron chi connectivity index (χ4n) is 2.90. The summed E-state index contributed by atoms with van der Waals surface area (Å²) in [5, 5.41) is 1.83. The lowest BCUT2D eigenvalue weighted by molar-refractivity contribution is 0.490. The van der Waals surface area contributed by atoms with Crippen LogP contribution in [0.15, 0.2) is 62.6 Å². The van der Waals surface area contributed by atoms with Crippen LogP contribution in [0.3, 0.4) is 0 Å². The van der Waals surface area contributed by atoms with E-state index >= 15 is 0 Å². The summed E-state index contributed by atoms with van der Waals surface area (Å²) in [6.07, 6.45) is 0. The Balaban J connectivity index is 2.33. The van der Waals surface area contributed by atoms with Gasteiger partial charge in [-0.25, -0.2) is 4.79 Å². The molecule has 0 bridgehead atoms. The van der Waals surface area contributed by atoms with Gasteiger partial charge in [-0.3, -0.25) is 0 Å². The van der Waals surface area contributed by atoms with Crippen molar-refractivity contribution in [3.05, 3.63) is 59.0 Å². The van der Waals surface area contributed by atoms with Crippen LogP contribution >= 0.6 is 12.0 Å². The van der Waals surface area contributed by atoms with Crippen LogP contribution in [0, 0.1) is 0 Å². The van der Waals surface area contributed by atoms with Gasteiger partial charge in [-0.05, 0) is 29.3 Å². The first-order valence-corrected chi connectivity index (χ1v) is 12.0. The van der Waals surface area contributed by atoms with E-state index < -0.39 is 8.07 Å². The highest BCUT2D eigenvalue weighted by Crippen LogP contribution is 2.29. The number of rotatable bonds is 4. The Labute approximate surface area is 146 Å². The van der Waals surface area contributed by atoms with Gasteiger partial charge in [0.25, 0.3) is 0 Å². The van der Waals surface area contributed by atoms with Crippen molar-refractivity contribution in [3.8, 4) is 11.1 Å². The van der Waals surface area contributed by atoms with Crippen molar-refractivity contribution in [2.75, 3.05) is 7.11 Å². The molecule has 24 heavy (non-hydrogen) atoms. The van der Waals surface area contributed by atoms with E-state index in [1.165, 1.54) is 12.0 Å². The standard InChI is InChI=1S/C19H20O3SSi/c1-21-23-14-11-9-13(10-12-14)17-15-7-5-6-8-16(15)22-19(20)18(17)24(2,3)4/h5-12H,1-4H3. The molecular weight excluding hydrogens is 336 g/mol. The molecule has 0 aliphatic rings. The molecule has 3 nitrogen and oxygen atoms in total. The van der Waals surface area contributed by atoms with E-state index in [0.29, 0.717) is 5.58 Å². The lowest BCUT2D eigenvalue weighted by Crippen LogP contribution is -2.48. The first-order valence-electron chi connectivity index (χ1n) is 7.79. The van der Waals surface area contributed by atoms with E-state index in [1.807, 2.05) is 48.5 Å². The number of hydrogen-bond acceptors (Lipinski definition) is 4. The van der Waals surface area contributed by atoms with Crippen molar-refractivity contribution in [2.24, 2.45) is 0 Å². The maximum atomic E-state index is 12.7. The van der Waals surface area contributed by atoms with E-state index in [0.717, 1.165) is 26.6 Å². The van der Waals surface area contributed by atoms with Crippen molar-refractivity contribution in [2.45, 2.75) is 24.5 Å². The third-order valence-corrected chi connectivity index (χ3v) is 6.47. The number of fused-ring (bicyclic) bond motifs is 1. The van der Waals surface area contributed by atoms with Crippen molar-refractivity contribution in [3.63, 3.8) is 0 Å². The minimum absolute atomic E-state index is 0.210. The highest BCUT2D eigenvalue weighted by molar-refractivity contribution is 7.94. The molecule has 0 radical (unpaired) electrons. The van der Waals surface area contributed by atoms with Crippen LogP contribution in [-0.4, -0.2) is 15.2 Å². The SMILES string of the molecule is COSc1ccc(-c2c([Si](C)(C)C)c(=O)oc3ccccc23)cc1. The molecule has 2 aromatic carbocycles. The molecule has 5 heteroatoms. The smallest absolute Gasteiger partial charge is 0.335 e. The van der Waals surface area contributed by atoms with E-state index in [1.54, 1.807) is 7.11 Å². The minimum atomic E-state index is -1.89. The zero-order valence-corrected chi connectivity index (χ0v) is 16.1. The number of benzene rings is 2. The van der Waals surface area contributed by atoms with Gasteiger partial charge >= 0.3 is 5.63 Å². The lowest BCUT2D eigenvalue weighted by atomic mass is 10.0. The highest BCUT2D eigenvalue weighted by atomic mass is 32.2. The molecule has 0 spiro atoms. The summed E-state index contributed by atoms with van der Waals surface area (Å²) in [4.78, 5) is 13.7. The van der Waals surface area contributed by atoms with E-state index in [9.17, 15) is 4.79 Å². The normalized spacial score (nSPS) is 11.8. The molecule has 3 rings (SSSR count). The van der Waals surface area contributed by atoms with Gasteiger partial charge in [-0.15, -0.1) is 0 Å². The molecule has 124 valence electrons. The molecular formula is C19H20O3SSi. The second-order valence-electron chi connectivity index (χ2n) is 6.66. The lowest BCUT2D eigenvalue weighted by Gasteiger charge is -2.21. The molecule has 0 saturated heterocycles. The summed E-state index contributed by atoms with van der Waals surface area (Å²) < 4.78 is 10.7. The van der Waals surface area contributed by atoms with Crippen molar-refractivity contribution in [1.29, 1.82) is 0 Å². The third kappa shape index (κ3) is 3.20. The highest BCUT2D eigenvalue weighted by Gasteiger charge is 2.27. The largest absolute Gasteiger partial charge is 0.423 e. The van der Waals surface area contributed by atoms with Crippen LogP contribution < -0.4 is 10.8 Å². The van der Waals surface area contributed by atoms with Crippen molar-refractivity contribution < 1.29 is 8.60 Å². The van der Waals surface area contributed by atoms with Gasteiger partial charge in [0.1, 0.15) is 5.58 Å². The summed E-state index contributed by atoms with van der Waals surface area (Å²) in [6.45, 7) is 6.52. The van der Waals surface area contributed by atoms with Gasteiger partial charge in [-0.2, -0.15) is 0 Å². The Bertz CT molecular complexity index is 924. The summed E-state index contributed by atoms with van der Waals surface area (Å²) in [6, 6.07) is 15.9. The third-order valence-electron chi connectivity index (χ3n) is 3.89. The molecule has 0 saturated carbocycles. The van der Waals surface area contributed by atoms with Gasteiger partial charge in [-0.1, -0.05) is 50.0 Å². The fraction of sp³-hybridized carbons (Fsp3) is 0.211. The summed E-state index contributed by atoms with van der Waals surface area (Å²) in [5.74, 6) is 0. The van der Waals surface area contributed by atoms with Crippen LogP contribution in [0.5, 0.6) is 0 Å². The number of hydrogen-bond donors (Lipinski definition) is 0. The molecule has 0 amide bonds. The Hall–Kier alpha value is -1.82. The second-order valence-corrected chi connectivity index (χ2v) is 12.6. The average molecular weight is 357 g/mol. The Morgan fingerprint density at radius 2 is 1.67 bits per heavy atom. The molecule has 1 aromatic heterocycles. The molecule has 0 unspecified atom stereocenters. The van der Waals surface area contributed by atoms with Gasteiger partial charge in [0, 0.05) is 27.5 Å². The molecule has 0 aliphatic carbocycles. The summed E-state index contributed by atoms with van der Waals surface area (Å²) in [7, 11) is -0.237. The second kappa shape index (κ2) is 6.59. The van der Waals surface area contributed by atoms with Crippen LogP contribution in [-0.2, 0) is 4.18 Å². The van der Waals surface area contributed by atoms with Crippen LogP contribution in [0.2, 0.25) is 19.6 Å². The predicted molar refractivity (Wildman–Crippen MR) is 104 cm³/mol. The predicted octanol–water partition coefficient (Wildman–Crippen LogP) is 4.66. The van der Waals surface area contributed by atoms with Crippen LogP contribution in [0.4, 0.5) is 0 Å². The minimum Gasteiger partial charge on any atom is -0.423 e. The molecule has 0 atom stereocenters.